The minimum Gasteiger partial charge on any atom is -0.496 e. The lowest BCUT2D eigenvalue weighted by molar-refractivity contribution is 0.416. The lowest BCUT2D eigenvalue weighted by atomic mass is 10.0. The molecule has 0 heterocycles. The molecule has 0 aliphatic heterocycles. The third-order valence-corrected chi connectivity index (χ3v) is 3.22. The topological polar surface area (TPSA) is 9.23 Å². The van der Waals surface area contributed by atoms with Crippen molar-refractivity contribution in [1.82, 2.24) is 0 Å². The van der Waals surface area contributed by atoms with E-state index in [1.54, 1.807) is 7.11 Å². The standard InChI is InChI=1S/C14H12Cl2O/c1-9-6-7-13(17-2)10(8-9)14-11(15)4-3-5-12(14)16/h3-8H,1-2H3. The average Bonchev–Trinajstić information content (AvgIpc) is 2.29. The summed E-state index contributed by atoms with van der Waals surface area (Å²) in [7, 11) is 1.64. The van der Waals surface area contributed by atoms with Gasteiger partial charge in [-0.05, 0) is 31.2 Å². The predicted molar refractivity (Wildman–Crippen MR) is 73.2 cm³/mol. The minimum atomic E-state index is 0.626. The Hall–Kier alpha value is -1.18. The van der Waals surface area contributed by atoms with Crippen LogP contribution in [0.15, 0.2) is 36.4 Å². The van der Waals surface area contributed by atoms with Crippen LogP contribution in [0.25, 0.3) is 11.1 Å². The SMILES string of the molecule is COc1ccc(C)cc1-c1c(Cl)cccc1Cl. The average molecular weight is 267 g/mol. The molecule has 0 fully saturated rings. The van der Waals surface area contributed by atoms with Crippen LogP contribution in [0.5, 0.6) is 5.75 Å². The summed E-state index contributed by atoms with van der Waals surface area (Å²) in [5.74, 6) is 0.769. The largest absolute Gasteiger partial charge is 0.496 e. The first-order valence-electron chi connectivity index (χ1n) is 5.22. The molecule has 0 aliphatic rings. The molecule has 2 rings (SSSR count). The van der Waals surface area contributed by atoms with Crippen molar-refractivity contribution in [3.63, 3.8) is 0 Å². The quantitative estimate of drug-likeness (QED) is 0.745. The molecule has 0 amide bonds. The highest BCUT2D eigenvalue weighted by molar-refractivity contribution is 6.39. The lowest BCUT2D eigenvalue weighted by Gasteiger charge is -2.12. The van der Waals surface area contributed by atoms with E-state index in [4.69, 9.17) is 27.9 Å². The molecule has 2 aromatic carbocycles. The first-order chi connectivity index (χ1) is 8.13. The Morgan fingerprint density at radius 1 is 1.00 bits per heavy atom. The molecule has 0 radical (unpaired) electrons. The molecule has 17 heavy (non-hydrogen) atoms. The van der Waals surface area contributed by atoms with Gasteiger partial charge in [0.15, 0.2) is 0 Å². The second-order valence-corrected chi connectivity index (χ2v) is 4.61. The van der Waals surface area contributed by atoms with Gasteiger partial charge in [0.2, 0.25) is 0 Å². The second-order valence-electron chi connectivity index (χ2n) is 3.80. The fourth-order valence-corrected chi connectivity index (χ4v) is 2.37. The van der Waals surface area contributed by atoms with Crippen LogP contribution in [0.4, 0.5) is 0 Å². The Morgan fingerprint density at radius 3 is 2.24 bits per heavy atom. The molecule has 0 atom stereocenters. The Labute approximate surface area is 111 Å². The molecule has 88 valence electrons. The molecule has 0 spiro atoms. The van der Waals surface area contributed by atoms with Crippen LogP contribution in [0, 0.1) is 6.92 Å². The maximum atomic E-state index is 6.21. The van der Waals surface area contributed by atoms with Crippen LogP contribution in [0.3, 0.4) is 0 Å². The molecular formula is C14H12Cl2O. The van der Waals surface area contributed by atoms with Crippen molar-refractivity contribution in [2.75, 3.05) is 7.11 Å². The number of benzene rings is 2. The first kappa shape index (κ1) is 12.3. The number of ether oxygens (including phenoxy) is 1. The number of methoxy groups -OCH3 is 1. The molecule has 0 unspecified atom stereocenters. The van der Waals surface area contributed by atoms with Crippen LogP contribution in [0.1, 0.15) is 5.56 Å². The van der Waals surface area contributed by atoms with E-state index in [-0.39, 0.29) is 0 Å². The summed E-state index contributed by atoms with van der Waals surface area (Å²) in [6, 6.07) is 11.4. The van der Waals surface area contributed by atoms with Crippen LogP contribution >= 0.6 is 23.2 Å². The monoisotopic (exact) mass is 266 g/mol. The van der Waals surface area contributed by atoms with Gasteiger partial charge in [-0.25, -0.2) is 0 Å². The molecule has 0 aromatic heterocycles. The van der Waals surface area contributed by atoms with Gasteiger partial charge in [-0.1, -0.05) is 40.9 Å². The fourth-order valence-electron chi connectivity index (χ4n) is 1.77. The van der Waals surface area contributed by atoms with Crippen molar-refractivity contribution in [1.29, 1.82) is 0 Å². The normalized spacial score (nSPS) is 10.4. The van der Waals surface area contributed by atoms with E-state index in [1.807, 2.05) is 43.3 Å². The Kier molecular flexibility index (Phi) is 3.60. The molecule has 0 aliphatic carbocycles. The number of halogens is 2. The fraction of sp³-hybridized carbons (Fsp3) is 0.143. The molecule has 3 heteroatoms. The van der Waals surface area contributed by atoms with Crippen molar-refractivity contribution >= 4 is 23.2 Å². The van der Waals surface area contributed by atoms with Gasteiger partial charge >= 0.3 is 0 Å². The highest BCUT2D eigenvalue weighted by Crippen LogP contribution is 2.39. The van der Waals surface area contributed by atoms with Crippen molar-refractivity contribution in [2.45, 2.75) is 6.92 Å². The van der Waals surface area contributed by atoms with Gasteiger partial charge in [-0.2, -0.15) is 0 Å². The summed E-state index contributed by atoms with van der Waals surface area (Å²) in [4.78, 5) is 0. The summed E-state index contributed by atoms with van der Waals surface area (Å²) >= 11 is 12.4. The Morgan fingerprint density at radius 2 is 1.65 bits per heavy atom. The molecule has 0 saturated carbocycles. The first-order valence-corrected chi connectivity index (χ1v) is 5.98. The van der Waals surface area contributed by atoms with E-state index < -0.39 is 0 Å². The van der Waals surface area contributed by atoms with E-state index in [0.29, 0.717) is 10.0 Å². The van der Waals surface area contributed by atoms with Crippen molar-refractivity contribution in [3.05, 3.63) is 52.0 Å². The van der Waals surface area contributed by atoms with Crippen LogP contribution in [-0.2, 0) is 0 Å². The lowest BCUT2D eigenvalue weighted by Crippen LogP contribution is -1.90. The van der Waals surface area contributed by atoms with Gasteiger partial charge in [0, 0.05) is 11.1 Å². The van der Waals surface area contributed by atoms with Crippen molar-refractivity contribution in [3.8, 4) is 16.9 Å². The summed E-state index contributed by atoms with van der Waals surface area (Å²) in [5.41, 5.74) is 2.87. The van der Waals surface area contributed by atoms with Gasteiger partial charge in [-0.15, -0.1) is 0 Å². The molecule has 0 bridgehead atoms. The van der Waals surface area contributed by atoms with Crippen LogP contribution in [0.2, 0.25) is 10.0 Å². The molecule has 0 N–H and O–H groups in total. The molecule has 0 saturated heterocycles. The third kappa shape index (κ3) is 2.41. The van der Waals surface area contributed by atoms with E-state index >= 15 is 0 Å². The van der Waals surface area contributed by atoms with Gasteiger partial charge in [0.25, 0.3) is 0 Å². The van der Waals surface area contributed by atoms with Crippen LogP contribution < -0.4 is 4.74 Å². The third-order valence-electron chi connectivity index (χ3n) is 2.59. The van der Waals surface area contributed by atoms with E-state index in [9.17, 15) is 0 Å². The second kappa shape index (κ2) is 4.99. The molecule has 1 nitrogen and oxygen atoms in total. The zero-order chi connectivity index (χ0) is 12.4. The zero-order valence-electron chi connectivity index (χ0n) is 9.63. The van der Waals surface area contributed by atoms with E-state index in [0.717, 1.165) is 22.4 Å². The van der Waals surface area contributed by atoms with Gasteiger partial charge < -0.3 is 4.74 Å². The number of hydrogen-bond acceptors (Lipinski definition) is 1. The van der Waals surface area contributed by atoms with Crippen molar-refractivity contribution < 1.29 is 4.74 Å². The van der Waals surface area contributed by atoms with E-state index in [1.165, 1.54) is 0 Å². The van der Waals surface area contributed by atoms with Gasteiger partial charge in [0.05, 0.1) is 17.2 Å². The number of aryl methyl sites for hydroxylation is 1. The summed E-state index contributed by atoms with van der Waals surface area (Å²) in [5, 5.41) is 1.25. The van der Waals surface area contributed by atoms with Crippen molar-refractivity contribution in [2.24, 2.45) is 0 Å². The summed E-state index contributed by atoms with van der Waals surface area (Å²) in [6.07, 6.45) is 0. The van der Waals surface area contributed by atoms with Gasteiger partial charge in [0.1, 0.15) is 5.75 Å². The van der Waals surface area contributed by atoms with Gasteiger partial charge in [-0.3, -0.25) is 0 Å². The molecule has 2 aromatic rings. The van der Waals surface area contributed by atoms with E-state index in [2.05, 4.69) is 0 Å². The maximum Gasteiger partial charge on any atom is 0.126 e. The van der Waals surface area contributed by atoms with Crippen LogP contribution in [-0.4, -0.2) is 7.11 Å². The summed E-state index contributed by atoms with van der Waals surface area (Å²) < 4.78 is 5.35. The smallest absolute Gasteiger partial charge is 0.126 e. The highest BCUT2D eigenvalue weighted by atomic mass is 35.5. The predicted octanol–water partition coefficient (Wildman–Crippen LogP) is 4.98. The minimum absolute atomic E-state index is 0.626. The summed E-state index contributed by atoms with van der Waals surface area (Å²) in [6.45, 7) is 2.02. The highest BCUT2D eigenvalue weighted by Gasteiger charge is 2.13. The maximum absolute atomic E-state index is 6.21. The zero-order valence-corrected chi connectivity index (χ0v) is 11.1. The Bertz CT molecular complexity index is 530. The molecular weight excluding hydrogens is 255 g/mol. The Balaban J connectivity index is 2.71. The number of hydrogen-bond donors (Lipinski definition) is 0. The number of rotatable bonds is 2.